The van der Waals surface area contributed by atoms with Gasteiger partial charge in [0.15, 0.2) is 5.96 Å². The van der Waals surface area contributed by atoms with Crippen LogP contribution in [0.2, 0.25) is 0 Å². The molecule has 0 spiro atoms. The number of aliphatic imine (C=N–C) groups is 1. The predicted octanol–water partition coefficient (Wildman–Crippen LogP) is 2.90. The third-order valence-corrected chi connectivity index (χ3v) is 6.25. The van der Waals surface area contributed by atoms with E-state index in [1.165, 1.54) is 18.4 Å². The lowest BCUT2D eigenvalue weighted by atomic mass is 9.93. The summed E-state index contributed by atoms with van der Waals surface area (Å²) in [5.74, 6) is 1.63. The average Bonchev–Trinajstić information content (AvgIpc) is 3.44. The van der Waals surface area contributed by atoms with Crippen LogP contribution in [-0.4, -0.2) is 50.5 Å². The third kappa shape index (κ3) is 4.58. The lowest BCUT2D eigenvalue weighted by molar-refractivity contribution is -0.121. The molecule has 142 valence electrons. The molecule has 0 unspecified atom stereocenters. The molecule has 1 aliphatic heterocycles. The Hall–Kier alpha value is -1.56. The van der Waals surface area contributed by atoms with Gasteiger partial charge in [-0.2, -0.15) is 0 Å². The summed E-state index contributed by atoms with van der Waals surface area (Å²) in [6, 6.07) is 8.66. The van der Waals surface area contributed by atoms with Gasteiger partial charge < -0.3 is 15.5 Å². The quantitative estimate of drug-likeness (QED) is 0.568. The number of carbonyl (C=O) groups excluding carboxylic acids is 1. The van der Waals surface area contributed by atoms with Crippen LogP contribution in [0.3, 0.4) is 0 Å². The molecule has 5 nitrogen and oxygen atoms in total. The standard InChI is InChI=1S/C20H29BrN4O/c1-22-18(26)12-15-6-10-25(11-7-15)19(23-2)24-14-20(8-9-20)16-4-3-5-17(21)13-16/h3-5,13,15H,6-12,14H2,1-2H3,(H,22,26)(H,23,24). The highest BCUT2D eigenvalue weighted by Crippen LogP contribution is 2.48. The van der Waals surface area contributed by atoms with Crippen molar-refractivity contribution in [2.75, 3.05) is 33.7 Å². The second kappa shape index (κ2) is 8.42. The van der Waals surface area contributed by atoms with Crippen molar-refractivity contribution in [1.29, 1.82) is 0 Å². The molecule has 2 fully saturated rings. The van der Waals surface area contributed by atoms with Crippen LogP contribution in [0.4, 0.5) is 0 Å². The number of nitrogens with zero attached hydrogens (tertiary/aromatic N) is 2. The second-order valence-electron chi connectivity index (χ2n) is 7.50. The summed E-state index contributed by atoms with van der Waals surface area (Å²) < 4.78 is 1.14. The maximum atomic E-state index is 11.6. The minimum Gasteiger partial charge on any atom is -0.359 e. The van der Waals surface area contributed by atoms with E-state index in [1.807, 2.05) is 7.05 Å². The Morgan fingerprint density at radius 3 is 2.65 bits per heavy atom. The lowest BCUT2D eigenvalue weighted by Gasteiger charge is -2.34. The van der Waals surface area contributed by atoms with E-state index < -0.39 is 0 Å². The number of hydrogen-bond acceptors (Lipinski definition) is 2. The van der Waals surface area contributed by atoms with E-state index >= 15 is 0 Å². The molecule has 1 aromatic carbocycles. The van der Waals surface area contributed by atoms with Crippen molar-refractivity contribution in [3.8, 4) is 0 Å². The zero-order valence-electron chi connectivity index (χ0n) is 15.7. The molecule has 2 N–H and O–H groups in total. The zero-order valence-corrected chi connectivity index (χ0v) is 17.3. The van der Waals surface area contributed by atoms with Crippen LogP contribution < -0.4 is 10.6 Å². The first-order valence-corrected chi connectivity index (χ1v) is 10.3. The Morgan fingerprint density at radius 2 is 2.08 bits per heavy atom. The summed E-state index contributed by atoms with van der Waals surface area (Å²) in [5.41, 5.74) is 1.65. The van der Waals surface area contributed by atoms with Gasteiger partial charge in [-0.05, 0) is 49.3 Å². The van der Waals surface area contributed by atoms with Crippen LogP contribution in [0, 0.1) is 5.92 Å². The first kappa shape index (κ1) is 19.2. The normalized spacial score (nSPS) is 20.0. The maximum Gasteiger partial charge on any atom is 0.220 e. The van der Waals surface area contributed by atoms with E-state index in [0.29, 0.717) is 12.3 Å². The van der Waals surface area contributed by atoms with E-state index in [9.17, 15) is 4.79 Å². The van der Waals surface area contributed by atoms with Crippen LogP contribution in [-0.2, 0) is 10.2 Å². The van der Waals surface area contributed by atoms with Gasteiger partial charge in [-0.3, -0.25) is 9.79 Å². The Morgan fingerprint density at radius 1 is 1.35 bits per heavy atom. The molecular weight excluding hydrogens is 392 g/mol. The number of halogens is 1. The van der Waals surface area contributed by atoms with Crippen LogP contribution in [0.15, 0.2) is 33.7 Å². The molecule has 26 heavy (non-hydrogen) atoms. The molecule has 3 rings (SSSR count). The summed E-state index contributed by atoms with van der Waals surface area (Å²) in [5, 5.41) is 6.34. The molecule has 2 aliphatic rings. The molecule has 1 aliphatic carbocycles. The summed E-state index contributed by atoms with van der Waals surface area (Å²) in [4.78, 5) is 18.4. The molecular formula is C20H29BrN4O. The van der Waals surface area contributed by atoms with Crippen LogP contribution in [0.25, 0.3) is 0 Å². The highest BCUT2D eigenvalue weighted by molar-refractivity contribution is 9.10. The molecule has 1 saturated heterocycles. The van der Waals surface area contributed by atoms with Gasteiger partial charge in [0.1, 0.15) is 0 Å². The van der Waals surface area contributed by atoms with E-state index in [1.54, 1.807) is 7.05 Å². The van der Waals surface area contributed by atoms with Crippen LogP contribution in [0.1, 0.15) is 37.7 Å². The van der Waals surface area contributed by atoms with Gasteiger partial charge in [-0.25, -0.2) is 0 Å². The van der Waals surface area contributed by atoms with Gasteiger partial charge in [0.25, 0.3) is 0 Å². The number of likely N-dealkylation sites (tertiary alicyclic amines) is 1. The number of piperidine rings is 1. The van der Waals surface area contributed by atoms with Crippen molar-refractivity contribution in [2.24, 2.45) is 10.9 Å². The number of carbonyl (C=O) groups is 1. The summed E-state index contributed by atoms with van der Waals surface area (Å²) in [6.45, 7) is 2.85. The van der Waals surface area contributed by atoms with Gasteiger partial charge in [-0.15, -0.1) is 0 Å². The fraction of sp³-hybridized carbons (Fsp3) is 0.600. The molecule has 0 atom stereocenters. The summed E-state index contributed by atoms with van der Waals surface area (Å²) in [6.07, 6.45) is 5.18. The zero-order chi connectivity index (χ0) is 18.6. The molecule has 1 amide bonds. The number of guanidine groups is 1. The van der Waals surface area contributed by atoms with Gasteiger partial charge in [0.05, 0.1) is 0 Å². The first-order valence-electron chi connectivity index (χ1n) is 9.48. The van der Waals surface area contributed by atoms with Crippen molar-refractivity contribution in [3.05, 3.63) is 34.3 Å². The van der Waals surface area contributed by atoms with Crippen LogP contribution in [0.5, 0.6) is 0 Å². The number of amides is 1. The molecule has 0 radical (unpaired) electrons. The fourth-order valence-corrected chi connectivity index (χ4v) is 4.23. The third-order valence-electron chi connectivity index (χ3n) is 5.75. The molecule has 1 saturated carbocycles. The van der Waals surface area contributed by atoms with E-state index in [-0.39, 0.29) is 11.3 Å². The number of rotatable bonds is 5. The van der Waals surface area contributed by atoms with E-state index in [0.717, 1.165) is 42.9 Å². The Balaban J connectivity index is 1.52. The Bertz CT molecular complexity index is 664. The minimum absolute atomic E-state index is 0.149. The minimum atomic E-state index is 0.149. The van der Waals surface area contributed by atoms with Crippen molar-refractivity contribution in [2.45, 2.75) is 37.5 Å². The topological polar surface area (TPSA) is 56.7 Å². The fourth-order valence-electron chi connectivity index (χ4n) is 3.83. The molecule has 0 aromatic heterocycles. The van der Waals surface area contributed by atoms with E-state index in [2.05, 4.69) is 60.7 Å². The SMILES string of the molecule is CN=C(NCC1(c2cccc(Br)c2)CC1)N1CCC(CC(=O)NC)CC1. The number of benzene rings is 1. The Kier molecular flexibility index (Phi) is 6.22. The van der Waals surface area contributed by atoms with Crippen molar-refractivity contribution in [1.82, 2.24) is 15.5 Å². The number of hydrogen-bond donors (Lipinski definition) is 2. The largest absolute Gasteiger partial charge is 0.359 e. The highest BCUT2D eigenvalue weighted by atomic mass is 79.9. The molecule has 1 aromatic rings. The van der Waals surface area contributed by atoms with Gasteiger partial charge >= 0.3 is 0 Å². The Labute approximate surface area is 164 Å². The monoisotopic (exact) mass is 420 g/mol. The van der Waals surface area contributed by atoms with Gasteiger partial charge in [0.2, 0.25) is 5.91 Å². The average molecular weight is 421 g/mol. The predicted molar refractivity (Wildman–Crippen MR) is 109 cm³/mol. The second-order valence-corrected chi connectivity index (χ2v) is 8.41. The maximum absolute atomic E-state index is 11.6. The molecule has 0 bridgehead atoms. The van der Waals surface area contributed by atoms with E-state index in [4.69, 9.17) is 0 Å². The van der Waals surface area contributed by atoms with Crippen LogP contribution >= 0.6 is 15.9 Å². The smallest absolute Gasteiger partial charge is 0.220 e. The van der Waals surface area contributed by atoms with Crippen molar-refractivity contribution in [3.63, 3.8) is 0 Å². The van der Waals surface area contributed by atoms with Gasteiger partial charge in [-0.1, -0.05) is 28.1 Å². The van der Waals surface area contributed by atoms with Crippen molar-refractivity contribution < 1.29 is 4.79 Å². The first-order chi connectivity index (χ1) is 12.6. The summed E-state index contributed by atoms with van der Waals surface area (Å²) in [7, 11) is 3.57. The number of nitrogens with one attached hydrogen (secondary N) is 2. The van der Waals surface area contributed by atoms with Gasteiger partial charge in [0, 0.05) is 50.0 Å². The molecule has 1 heterocycles. The molecule has 6 heteroatoms. The van der Waals surface area contributed by atoms with Crippen molar-refractivity contribution >= 4 is 27.8 Å². The lowest BCUT2D eigenvalue weighted by Crippen LogP contribution is -2.47. The summed E-state index contributed by atoms with van der Waals surface area (Å²) >= 11 is 3.59. The highest BCUT2D eigenvalue weighted by Gasteiger charge is 2.44.